The quantitative estimate of drug-likeness (QED) is 0.709. The standard InChI is InChI=1S/C9H18O4/c1-9(2,3)13-6-5-7(12-4)8(10)11/h7H,5-6H2,1-4H3,(H,10,11). The molecule has 4 nitrogen and oxygen atoms in total. The minimum atomic E-state index is -0.944. The van der Waals surface area contributed by atoms with Crippen molar-refractivity contribution >= 4 is 5.97 Å². The first-order valence-electron chi connectivity index (χ1n) is 4.26. The first kappa shape index (κ1) is 12.4. The minimum Gasteiger partial charge on any atom is -0.479 e. The molecule has 0 rings (SSSR count). The Bertz CT molecular complexity index is 159. The summed E-state index contributed by atoms with van der Waals surface area (Å²) in [5.41, 5.74) is -0.225. The number of hydrogen-bond donors (Lipinski definition) is 1. The van der Waals surface area contributed by atoms with Crippen LogP contribution in [0.4, 0.5) is 0 Å². The lowest BCUT2D eigenvalue weighted by atomic mass is 10.2. The molecule has 0 saturated heterocycles. The smallest absolute Gasteiger partial charge is 0.332 e. The number of carboxylic acids is 1. The van der Waals surface area contributed by atoms with Gasteiger partial charge in [-0.15, -0.1) is 0 Å². The fourth-order valence-electron chi connectivity index (χ4n) is 0.814. The van der Waals surface area contributed by atoms with Crippen LogP contribution in [0.5, 0.6) is 0 Å². The summed E-state index contributed by atoms with van der Waals surface area (Å²) >= 11 is 0. The van der Waals surface area contributed by atoms with Crippen molar-refractivity contribution in [1.82, 2.24) is 0 Å². The number of hydrogen-bond acceptors (Lipinski definition) is 3. The number of rotatable bonds is 5. The van der Waals surface area contributed by atoms with Crippen LogP contribution >= 0.6 is 0 Å². The van der Waals surface area contributed by atoms with Gasteiger partial charge in [-0.05, 0) is 20.8 Å². The van der Waals surface area contributed by atoms with E-state index in [1.807, 2.05) is 20.8 Å². The van der Waals surface area contributed by atoms with Crippen LogP contribution in [0.3, 0.4) is 0 Å². The fourth-order valence-corrected chi connectivity index (χ4v) is 0.814. The number of methoxy groups -OCH3 is 1. The maximum absolute atomic E-state index is 10.5. The Kier molecular flexibility index (Phi) is 4.95. The highest BCUT2D eigenvalue weighted by Crippen LogP contribution is 2.08. The Balaban J connectivity index is 3.68. The van der Waals surface area contributed by atoms with Crippen LogP contribution in [0.1, 0.15) is 27.2 Å². The van der Waals surface area contributed by atoms with Gasteiger partial charge in [0.25, 0.3) is 0 Å². The van der Waals surface area contributed by atoms with Crippen molar-refractivity contribution in [3.05, 3.63) is 0 Å². The lowest BCUT2D eigenvalue weighted by Gasteiger charge is -2.20. The second-order valence-corrected chi connectivity index (χ2v) is 3.81. The van der Waals surface area contributed by atoms with E-state index in [-0.39, 0.29) is 5.60 Å². The maximum atomic E-state index is 10.5. The van der Waals surface area contributed by atoms with Crippen molar-refractivity contribution in [2.24, 2.45) is 0 Å². The molecule has 1 N–H and O–H groups in total. The molecule has 0 aromatic heterocycles. The molecule has 0 radical (unpaired) electrons. The van der Waals surface area contributed by atoms with Crippen molar-refractivity contribution in [3.8, 4) is 0 Å². The van der Waals surface area contributed by atoms with Crippen LogP contribution in [-0.2, 0) is 14.3 Å². The summed E-state index contributed by atoms with van der Waals surface area (Å²) in [6.45, 7) is 6.18. The summed E-state index contributed by atoms with van der Waals surface area (Å²) < 4.78 is 10.1. The zero-order valence-corrected chi connectivity index (χ0v) is 8.66. The molecule has 0 spiro atoms. The van der Waals surface area contributed by atoms with E-state index in [1.54, 1.807) is 0 Å². The molecule has 0 aromatic rings. The molecule has 1 unspecified atom stereocenters. The van der Waals surface area contributed by atoms with Crippen molar-refractivity contribution in [3.63, 3.8) is 0 Å². The van der Waals surface area contributed by atoms with E-state index in [4.69, 9.17) is 14.6 Å². The minimum absolute atomic E-state index is 0.225. The van der Waals surface area contributed by atoms with Gasteiger partial charge in [-0.2, -0.15) is 0 Å². The highest BCUT2D eigenvalue weighted by Gasteiger charge is 2.17. The third kappa shape index (κ3) is 6.54. The molecule has 0 amide bonds. The molecule has 0 fully saturated rings. The van der Waals surface area contributed by atoms with Crippen molar-refractivity contribution in [1.29, 1.82) is 0 Å². The van der Waals surface area contributed by atoms with Crippen LogP contribution in [0.2, 0.25) is 0 Å². The van der Waals surface area contributed by atoms with Crippen LogP contribution in [0.25, 0.3) is 0 Å². The van der Waals surface area contributed by atoms with Gasteiger partial charge in [-0.25, -0.2) is 4.79 Å². The SMILES string of the molecule is COC(CCOC(C)(C)C)C(=O)O. The normalized spacial score (nSPS) is 14.2. The van der Waals surface area contributed by atoms with Gasteiger partial charge in [0.15, 0.2) is 6.10 Å². The summed E-state index contributed by atoms with van der Waals surface area (Å²) in [4.78, 5) is 10.5. The average Bonchev–Trinajstić information content (AvgIpc) is 1.95. The molecular formula is C9H18O4. The summed E-state index contributed by atoms with van der Waals surface area (Å²) in [5, 5.41) is 8.62. The lowest BCUT2D eigenvalue weighted by molar-refractivity contribution is -0.150. The molecule has 0 aromatic carbocycles. The molecule has 0 aliphatic carbocycles. The second-order valence-electron chi connectivity index (χ2n) is 3.81. The molecule has 1 atom stereocenters. The summed E-state index contributed by atoms with van der Waals surface area (Å²) in [5.74, 6) is -0.944. The molecule has 0 bridgehead atoms. The Morgan fingerprint density at radius 2 is 2.00 bits per heavy atom. The van der Waals surface area contributed by atoms with Gasteiger partial charge in [0.05, 0.1) is 12.2 Å². The van der Waals surface area contributed by atoms with Crippen LogP contribution in [-0.4, -0.2) is 36.5 Å². The molecule has 0 aliphatic heterocycles. The summed E-state index contributed by atoms with van der Waals surface area (Å²) in [6, 6.07) is 0. The number of carbonyl (C=O) groups is 1. The van der Waals surface area contributed by atoms with Gasteiger partial charge < -0.3 is 14.6 Å². The van der Waals surface area contributed by atoms with E-state index in [0.29, 0.717) is 13.0 Å². The highest BCUT2D eigenvalue weighted by molar-refractivity contribution is 5.72. The Morgan fingerprint density at radius 3 is 2.31 bits per heavy atom. The first-order valence-corrected chi connectivity index (χ1v) is 4.26. The maximum Gasteiger partial charge on any atom is 0.332 e. The summed E-state index contributed by atoms with van der Waals surface area (Å²) in [7, 11) is 1.38. The Hall–Kier alpha value is -0.610. The van der Waals surface area contributed by atoms with E-state index in [9.17, 15) is 4.79 Å². The van der Waals surface area contributed by atoms with Crippen molar-refractivity contribution in [2.45, 2.75) is 38.9 Å². The van der Waals surface area contributed by atoms with E-state index < -0.39 is 12.1 Å². The van der Waals surface area contributed by atoms with Gasteiger partial charge in [-0.1, -0.05) is 0 Å². The molecule has 78 valence electrons. The molecule has 4 heteroatoms. The average molecular weight is 190 g/mol. The molecule has 13 heavy (non-hydrogen) atoms. The van der Waals surface area contributed by atoms with Crippen LogP contribution in [0.15, 0.2) is 0 Å². The van der Waals surface area contributed by atoms with E-state index >= 15 is 0 Å². The van der Waals surface area contributed by atoms with Gasteiger partial charge in [0.1, 0.15) is 0 Å². The van der Waals surface area contributed by atoms with E-state index in [0.717, 1.165) is 0 Å². The Morgan fingerprint density at radius 1 is 1.46 bits per heavy atom. The molecule has 0 saturated carbocycles. The number of carboxylic acid groups (broad SMARTS) is 1. The van der Waals surface area contributed by atoms with Crippen LogP contribution < -0.4 is 0 Å². The van der Waals surface area contributed by atoms with Crippen molar-refractivity contribution < 1.29 is 19.4 Å². The zero-order chi connectivity index (χ0) is 10.5. The van der Waals surface area contributed by atoms with Gasteiger partial charge in [-0.3, -0.25) is 0 Å². The predicted molar refractivity (Wildman–Crippen MR) is 48.8 cm³/mol. The monoisotopic (exact) mass is 190 g/mol. The van der Waals surface area contributed by atoms with Crippen LogP contribution in [0, 0.1) is 0 Å². The third-order valence-corrected chi connectivity index (χ3v) is 1.48. The topological polar surface area (TPSA) is 55.8 Å². The predicted octanol–water partition coefficient (Wildman–Crippen LogP) is 1.29. The first-order chi connectivity index (χ1) is 5.87. The zero-order valence-electron chi connectivity index (χ0n) is 8.66. The Labute approximate surface area is 78.8 Å². The third-order valence-electron chi connectivity index (χ3n) is 1.48. The van der Waals surface area contributed by atoms with E-state index in [2.05, 4.69) is 0 Å². The van der Waals surface area contributed by atoms with E-state index in [1.165, 1.54) is 7.11 Å². The summed E-state index contributed by atoms with van der Waals surface area (Å²) in [6.07, 6.45) is -0.384. The second kappa shape index (κ2) is 5.19. The largest absolute Gasteiger partial charge is 0.479 e. The van der Waals surface area contributed by atoms with Gasteiger partial charge >= 0.3 is 5.97 Å². The fraction of sp³-hybridized carbons (Fsp3) is 0.889. The van der Waals surface area contributed by atoms with Crippen molar-refractivity contribution in [2.75, 3.05) is 13.7 Å². The number of ether oxygens (including phenoxy) is 2. The van der Waals surface area contributed by atoms with Gasteiger partial charge in [0, 0.05) is 13.5 Å². The molecule has 0 heterocycles. The van der Waals surface area contributed by atoms with Gasteiger partial charge in [0.2, 0.25) is 0 Å². The lowest BCUT2D eigenvalue weighted by Crippen LogP contribution is -2.27. The molecule has 0 aliphatic rings. The molecular weight excluding hydrogens is 172 g/mol. The highest BCUT2D eigenvalue weighted by atomic mass is 16.5. The number of aliphatic carboxylic acids is 1.